The lowest BCUT2D eigenvalue weighted by atomic mass is 9.96. The summed E-state index contributed by atoms with van der Waals surface area (Å²) in [6.45, 7) is 6.30. The maximum absolute atomic E-state index is 12.5. The van der Waals surface area contributed by atoms with Crippen molar-refractivity contribution >= 4 is 11.6 Å². The molecule has 0 bridgehead atoms. The van der Waals surface area contributed by atoms with Crippen LogP contribution in [-0.2, 0) is 11.2 Å². The molecule has 2 N–H and O–H groups in total. The molecule has 0 spiro atoms. The number of nitrogens with two attached hydrogens (primary N) is 1. The highest BCUT2D eigenvalue weighted by Crippen LogP contribution is 2.24. The van der Waals surface area contributed by atoms with Gasteiger partial charge in [-0.2, -0.15) is 0 Å². The van der Waals surface area contributed by atoms with Crippen molar-refractivity contribution in [1.29, 1.82) is 0 Å². The van der Waals surface area contributed by atoms with Crippen molar-refractivity contribution in [2.24, 2.45) is 0 Å². The standard InChI is InChI=1S/C16H24N2O/c1-11-7-8-14(15(17)9-11)10-16(19)18-12(2)5-4-6-13(18)3/h7-9,12-13H,4-6,10,17H2,1-3H3/t12-,13-/m1/s1. The van der Waals surface area contributed by atoms with E-state index in [-0.39, 0.29) is 5.91 Å². The second kappa shape index (κ2) is 5.64. The van der Waals surface area contributed by atoms with Gasteiger partial charge in [-0.05, 0) is 57.2 Å². The summed E-state index contributed by atoms with van der Waals surface area (Å²) < 4.78 is 0. The predicted molar refractivity (Wildman–Crippen MR) is 78.9 cm³/mol. The first-order chi connectivity index (χ1) is 8.99. The Morgan fingerprint density at radius 3 is 2.53 bits per heavy atom. The van der Waals surface area contributed by atoms with Gasteiger partial charge in [0.2, 0.25) is 5.91 Å². The average Bonchev–Trinajstić information content (AvgIpc) is 2.32. The first-order valence-corrected chi connectivity index (χ1v) is 7.15. The number of amides is 1. The number of carbonyl (C=O) groups excluding carboxylic acids is 1. The van der Waals surface area contributed by atoms with Gasteiger partial charge in [0.15, 0.2) is 0 Å². The quantitative estimate of drug-likeness (QED) is 0.831. The predicted octanol–water partition coefficient (Wildman–Crippen LogP) is 2.91. The zero-order valence-corrected chi connectivity index (χ0v) is 12.1. The summed E-state index contributed by atoms with van der Waals surface area (Å²) in [6.07, 6.45) is 3.86. The monoisotopic (exact) mass is 260 g/mol. The van der Waals surface area contributed by atoms with Crippen LogP contribution in [0, 0.1) is 6.92 Å². The van der Waals surface area contributed by atoms with Crippen LogP contribution in [0.3, 0.4) is 0 Å². The maximum atomic E-state index is 12.5. The highest BCUT2D eigenvalue weighted by molar-refractivity contribution is 5.81. The molecule has 1 aliphatic heterocycles. The normalized spacial score (nSPS) is 23.4. The maximum Gasteiger partial charge on any atom is 0.227 e. The molecule has 0 unspecified atom stereocenters. The van der Waals surface area contributed by atoms with Crippen molar-refractivity contribution in [3.05, 3.63) is 29.3 Å². The van der Waals surface area contributed by atoms with Crippen LogP contribution in [0.1, 0.15) is 44.2 Å². The number of carbonyl (C=O) groups is 1. The summed E-state index contributed by atoms with van der Waals surface area (Å²) >= 11 is 0. The molecule has 1 aromatic carbocycles. The van der Waals surface area contributed by atoms with Gasteiger partial charge >= 0.3 is 0 Å². The molecule has 0 radical (unpaired) electrons. The minimum atomic E-state index is 0.204. The van der Waals surface area contributed by atoms with Gasteiger partial charge < -0.3 is 10.6 Å². The number of nitrogens with zero attached hydrogens (tertiary/aromatic N) is 1. The molecule has 1 heterocycles. The zero-order valence-electron chi connectivity index (χ0n) is 12.1. The number of rotatable bonds is 2. The van der Waals surface area contributed by atoms with Crippen molar-refractivity contribution in [2.45, 2.75) is 58.5 Å². The largest absolute Gasteiger partial charge is 0.398 e. The third-order valence-electron chi connectivity index (χ3n) is 4.12. The molecule has 104 valence electrons. The van der Waals surface area contributed by atoms with Crippen molar-refractivity contribution in [3.8, 4) is 0 Å². The van der Waals surface area contributed by atoms with E-state index in [4.69, 9.17) is 5.73 Å². The van der Waals surface area contributed by atoms with E-state index in [1.807, 2.05) is 30.0 Å². The number of benzene rings is 1. The summed E-state index contributed by atoms with van der Waals surface area (Å²) in [5.74, 6) is 0.204. The minimum absolute atomic E-state index is 0.204. The van der Waals surface area contributed by atoms with Crippen molar-refractivity contribution in [1.82, 2.24) is 4.90 Å². The molecule has 2 atom stereocenters. The fraction of sp³-hybridized carbons (Fsp3) is 0.562. The number of likely N-dealkylation sites (tertiary alicyclic amines) is 1. The van der Waals surface area contributed by atoms with Gasteiger partial charge in [-0.1, -0.05) is 12.1 Å². The van der Waals surface area contributed by atoms with E-state index >= 15 is 0 Å². The number of hydrogen-bond acceptors (Lipinski definition) is 2. The van der Waals surface area contributed by atoms with E-state index in [0.29, 0.717) is 18.5 Å². The van der Waals surface area contributed by atoms with E-state index in [9.17, 15) is 4.79 Å². The Morgan fingerprint density at radius 2 is 1.95 bits per heavy atom. The van der Waals surface area contributed by atoms with Gasteiger partial charge in [0.1, 0.15) is 0 Å². The van der Waals surface area contributed by atoms with Crippen LogP contribution in [0.5, 0.6) is 0 Å². The molecule has 1 fully saturated rings. The van der Waals surface area contributed by atoms with Crippen LogP contribution in [0.4, 0.5) is 5.69 Å². The Morgan fingerprint density at radius 1 is 1.32 bits per heavy atom. The molecule has 3 heteroatoms. The summed E-state index contributed by atoms with van der Waals surface area (Å²) in [4.78, 5) is 14.5. The van der Waals surface area contributed by atoms with Gasteiger partial charge in [0, 0.05) is 17.8 Å². The Labute approximate surface area is 115 Å². The summed E-state index contributed by atoms with van der Waals surface area (Å²) in [6, 6.07) is 6.63. The van der Waals surface area contributed by atoms with Crippen LogP contribution in [0.2, 0.25) is 0 Å². The summed E-state index contributed by atoms with van der Waals surface area (Å²) in [5, 5.41) is 0. The zero-order chi connectivity index (χ0) is 14.0. The van der Waals surface area contributed by atoms with Crippen molar-refractivity contribution < 1.29 is 4.79 Å². The van der Waals surface area contributed by atoms with E-state index in [1.165, 1.54) is 6.42 Å². The number of piperidine rings is 1. The second-order valence-electron chi connectivity index (χ2n) is 5.81. The number of nitrogen functional groups attached to an aromatic ring is 1. The van der Waals surface area contributed by atoms with Crippen LogP contribution >= 0.6 is 0 Å². The van der Waals surface area contributed by atoms with Gasteiger partial charge in [-0.25, -0.2) is 0 Å². The lowest BCUT2D eigenvalue weighted by Gasteiger charge is -2.39. The average molecular weight is 260 g/mol. The molecule has 3 nitrogen and oxygen atoms in total. The van der Waals surface area contributed by atoms with Gasteiger partial charge in [-0.15, -0.1) is 0 Å². The summed E-state index contributed by atoms with van der Waals surface area (Å²) in [5.41, 5.74) is 8.80. The van der Waals surface area contributed by atoms with E-state index in [2.05, 4.69) is 13.8 Å². The van der Waals surface area contributed by atoms with Crippen LogP contribution in [0.25, 0.3) is 0 Å². The molecule has 1 saturated heterocycles. The molecule has 1 aliphatic rings. The summed E-state index contributed by atoms with van der Waals surface area (Å²) in [7, 11) is 0. The minimum Gasteiger partial charge on any atom is -0.398 e. The molecule has 2 rings (SSSR count). The van der Waals surface area contributed by atoms with Gasteiger partial charge in [0.25, 0.3) is 0 Å². The molecule has 19 heavy (non-hydrogen) atoms. The third-order valence-corrected chi connectivity index (χ3v) is 4.12. The number of aryl methyl sites for hydroxylation is 1. The lowest BCUT2D eigenvalue weighted by molar-refractivity contribution is -0.136. The van der Waals surface area contributed by atoms with Gasteiger partial charge in [-0.3, -0.25) is 4.79 Å². The first kappa shape index (κ1) is 13.9. The first-order valence-electron chi connectivity index (χ1n) is 7.15. The molecule has 1 aromatic rings. The Bertz CT molecular complexity index is 460. The SMILES string of the molecule is Cc1ccc(CC(=O)N2[C@H](C)CCC[C@H]2C)c(N)c1. The smallest absolute Gasteiger partial charge is 0.227 e. The molecular formula is C16H24N2O. The van der Waals surface area contributed by atoms with E-state index in [1.54, 1.807) is 0 Å². The fourth-order valence-corrected chi connectivity index (χ4v) is 3.04. The molecule has 1 amide bonds. The van der Waals surface area contributed by atoms with Crippen LogP contribution in [-0.4, -0.2) is 22.9 Å². The molecule has 0 aliphatic carbocycles. The van der Waals surface area contributed by atoms with Crippen LogP contribution in [0.15, 0.2) is 18.2 Å². The lowest BCUT2D eigenvalue weighted by Crippen LogP contribution is -2.48. The second-order valence-corrected chi connectivity index (χ2v) is 5.81. The number of anilines is 1. The van der Waals surface area contributed by atoms with Crippen molar-refractivity contribution in [2.75, 3.05) is 5.73 Å². The highest BCUT2D eigenvalue weighted by Gasteiger charge is 2.28. The van der Waals surface area contributed by atoms with Gasteiger partial charge in [0.05, 0.1) is 6.42 Å². The third kappa shape index (κ3) is 3.09. The Balaban J connectivity index is 2.11. The topological polar surface area (TPSA) is 46.3 Å². The molecule has 0 saturated carbocycles. The molecule has 0 aromatic heterocycles. The van der Waals surface area contributed by atoms with E-state index < -0.39 is 0 Å². The van der Waals surface area contributed by atoms with Crippen molar-refractivity contribution in [3.63, 3.8) is 0 Å². The number of hydrogen-bond donors (Lipinski definition) is 1. The highest BCUT2D eigenvalue weighted by atomic mass is 16.2. The Hall–Kier alpha value is -1.51. The Kier molecular flexibility index (Phi) is 4.13. The van der Waals surface area contributed by atoms with E-state index in [0.717, 1.165) is 29.7 Å². The fourth-order valence-electron chi connectivity index (χ4n) is 3.04. The van der Waals surface area contributed by atoms with Crippen LogP contribution < -0.4 is 5.73 Å². The molecular weight excluding hydrogens is 236 g/mol.